The van der Waals surface area contributed by atoms with Crippen LogP contribution in [0.25, 0.3) is 0 Å². The number of aliphatic hydroxyl groups is 3. The number of allylic oxidation sites excluding steroid dienone is 6. The van der Waals surface area contributed by atoms with Gasteiger partial charge in [0.1, 0.15) is 6.61 Å². The van der Waals surface area contributed by atoms with Crippen LogP contribution >= 0.6 is 0 Å². The molecule has 0 spiro atoms. The molecule has 7 nitrogen and oxygen atoms in total. The first-order valence-corrected chi connectivity index (χ1v) is 15.4. The van der Waals surface area contributed by atoms with Crippen LogP contribution in [-0.4, -0.2) is 58.8 Å². The molecule has 0 aromatic carbocycles. The highest BCUT2D eigenvalue weighted by Gasteiger charge is 2.16. The first-order chi connectivity index (χ1) is 19.4. The normalized spacial score (nSPS) is 14.4. The molecular formula is C33H56O7. The Hall–Kier alpha value is -2.22. The number of unbranched alkanes of at least 4 members (excludes halogenated alkanes) is 8. The summed E-state index contributed by atoms with van der Waals surface area (Å²) < 4.78 is 10.4. The van der Waals surface area contributed by atoms with Gasteiger partial charge in [-0.05, 0) is 32.1 Å². The Morgan fingerprint density at radius 1 is 0.675 bits per heavy atom. The van der Waals surface area contributed by atoms with E-state index in [9.17, 15) is 24.9 Å². The van der Waals surface area contributed by atoms with Crippen molar-refractivity contribution in [2.45, 2.75) is 135 Å². The molecule has 0 aromatic heterocycles. The Morgan fingerprint density at radius 3 is 1.80 bits per heavy atom. The van der Waals surface area contributed by atoms with Gasteiger partial charge in [-0.15, -0.1) is 0 Å². The third-order valence-corrected chi connectivity index (χ3v) is 6.33. The number of carbonyl (C=O) groups is 2. The van der Waals surface area contributed by atoms with E-state index in [1.807, 2.05) is 30.4 Å². The molecule has 3 atom stereocenters. The second-order valence-corrected chi connectivity index (χ2v) is 10.2. The van der Waals surface area contributed by atoms with Gasteiger partial charge in [0.05, 0.1) is 18.8 Å². The Bertz CT molecular complexity index is 726. The van der Waals surface area contributed by atoms with Gasteiger partial charge in [0, 0.05) is 12.8 Å². The van der Waals surface area contributed by atoms with Crippen molar-refractivity contribution >= 4 is 11.9 Å². The van der Waals surface area contributed by atoms with E-state index in [0.717, 1.165) is 51.4 Å². The highest BCUT2D eigenvalue weighted by molar-refractivity contribution is 5.70. The number of aliphatic hydroxyl groups excluding tert-OH is 3. The first-order valence-electron chi connectivity index (χ1n) is 15.4. The van der Waals surface area contributed by atoms with Gasteiger partial charge in [-0.25, -0.2) is 0 Å². The van der Waals surface area contributed by atoms with E-state index in [1.54, 1.807) is 18.2 Å². The molecule has 0 amide bonds. The zero-order chi connectivity index (χ0) is 29.7. The van der Waals surface area contributed by atoms with Crippen molar-refractivity contribution in [2.24, 2.45) is 0 Å². The number of rotatable bonds is 26. The highest BCUT2D eigenvalue weighted by atomic mass is 16.6. The molecule has 230 valence electrons. The third-order valence-electron chi connectivity index (χ3n) is 6.33. The van der Waals surface area contributed by atoms with Crippen LogP contribution in [0.15, 0.2) is 48.6 Å². The van der Waals surface area contributed by atoms with Gasteiger partial charge in [-0.1, -0.05) is 120 Å². The SMILES string of the molecule is CCCCCCCCCC(=O)O[C@@H](CO)COC(=O)CCC[C@@H](O)/C=C/C=C\C/C=C\C=C\[C@@H](O)CCCCC. The second-order valence-electron chi connectivity index (χ2n) is 10.2. The van der Waals surface area contributed by atoms with Gasteiger partial charge in [0.15, 0.2) is 6.10 Å². The number of ether oxygens (including phenoxy) is 2. The summed E-state index contributed by atoms with van der Waals surface area (Å²) in [7, 11) is 0. The molecule has 0 heterocycles. The number of hydrogen-bond acceptors (Lipinski definition) is 7. The molecule has 40 heavy (non-hydrogen) atoms. The molecule has 0 aromatic rings. The van der Waals surface area contributed by atoms with Crippen LogP contribution in [0, 0.1) is 0 Å². The van der Waals surface area contributed by atoms with Crippen molar-refractivity contribution in [2.75, 3.05) is 13.2 Å². The summed E-state index contributed by atoms with van der Waals surface area (Å²) in [4.78, 5) is 23.9. The van der Waals surface area contributed by atoms with Gasteiger partial charge in [0.2, 0.25) is 0 Å². The maximum absolute atomic E-state index is 12.0. The lowest BCUT2D eigenvalue weighted by Gasteiger charge is -2.16. The number of esters is 2. The smallest absolute Gasteiger partial charge is 0.306 e. The van der Waals surface area contributed by atoms with Crippen LogP contribution in [0.4, 0.5) is 0 Å². The van der Waals surface area contributed by atoms with E-state index < -0.39 is 24.8 Å². The number of hydrogen-bond donors (Lipinski definition) is 3. The van der Waals surface area contributed by atoms with E-state index in [2.05, 4.69) is 13.8 Å². The highest BCUT2D eigenvalue weighted by Crippen LogP contribution is 2.10. The predicted octanol–water partition coefficient (Wildman–Crippen LogP) is 6.66. The summed E-state index contributed by atoms with van der Waals surface area (Å²) in [6, 6.07) is 0. The van der Waals surface area contributed by atoms with Gasteiger partial charge >= 0.3 is 11.9 Å². The molecule has 0 rings (SSSR count). The van der Waals surface area contributed by atoms with Crippen molar-refractivity contribution in [1.82, 2.24) is 0 Å². The zero-order valence-corrected chi connectivity index (χ0v) is 25.1. The van der Waals surface area contributed by atoms with E-state index >= 15 is 0 Å². The fraction of sp³-hybridized carbons (Fsp3) is 0.697. The van der Waals surface area contributed by atoms with Crippen molar-refractivity contribution in [3.05, 3.63) is 48.6 Å². The van der Waals surface area contributed by atoms with Crippen LogP contribution in [0.1, 0.15) is 117 Å². The average molecular weight is 565 g/mol. The molecule has 0 aliphatic carbocycles. The van der Waals surface area contributed by atoms with Crippen molar-refractivity contribution in [3.63, 3.8) is 0 Å². The Morgan fingerprint density at radius 2 is 1.20 bits per heavy atom. The number of carbonyl (C=O) groups excluding carboxylic acids is 2. The van der Waals surface area contributed by atoms with Gasteiger partial charge in [-0.2, -0.15) is 0 Å². The monoisotopic (exact) mass is 564 g/mol. The molecule has 0 unspecified atom stereocenters. The van der Waals surface area contributed by atoms with Crippen LogP contribution in [0.3, 0.4) is 0 Å². The third kappa shape index (κ3) is 26.0. The quantitative estimate of drug-likeness (QED) is 0.0611. The largest absolute Gasteiger partial charge is 0.462 e. The lowest BCUT2D eigenvalue weighted by atomic mass is 10.1. The maximum Gasteiger partial charge on any atom is 0.306 e. The van der Waals surface area contributed by atoms with E-state index in [-0.39, 0.29) is 25.1 Å². The molecule has 0 fully saturated rings. The van der Waals surface area contributed by atoms with Crippen LogP contribution in [0.5, 0.6) is 0 Å². The maximum atomic E-state index is 12.0. The summed E-state index contributed by atoms with van der Waals surface area (Å²) in [5.41, 5.74) is 0. The van der Waals surface area contributed by atoms with Crippen LogP contribution < -0.4 is 0 Å². The molecule has 7 heteroatoms. The summed E-state index contributed by atoms with van der Waals surface area (Å²) in [6.45, 7) is 3.75. The molecule has 0 saturated heterocycles. The minimum atomic E-state index is -0.852. The lowest BCUT2D eigenvalue weighted by Crippen LogP contribution is -2.28. The first kappa shape index (κ1) is 37.8. The fourth-order valence-electron chi connectivity index (χ4n) is 3.88. The fourth-order valence-corrected chi connectivity index (χ4v) is 3.88. The Balaban J connectivity index is 3.94. The van der Waals surface area contributed by atoms with Crippen LogP contribution in [-0.2, 0) is 19.1 Å². The predicted molar refractivity (Wildman–Crippen MR) is 162 cm³/mol. The van der Waals surface area contributed by atoms with E-state index in [1.165, 1.54) is 25.7 Å². The zero-order valence-electron chi connectivity index (χ0n) is 25.1. The second kappa shape index (κ2) is 28.3. The van der Waals surface area contributed by atoms with Crippen molar-refractivity contribution < 1.29 is 34.4 Å². The van der Waals surface area contributed by atoms with E-state index in [0.29, 0.717) is 19.3 Å². The Kier molecular flexibility index (Phi) is 26.7. The minimum absolute atomic E-state index is 0.135. The lowest BCUT2D eigenvalue weighted by molar-refractivity contribution is -0.161. The van der Waals surface area contributed by atoms with E-state index in [4.69, 9.17) is 9.47 Å². The molecule has 0 bridgehead atoms. The molecule has 0 aliphatic rings. The molecule has 3 N–H and O–H groups in total. The summed E-state index contributed by atoms with van der Waals surface area (Å²) >= 11 is 0. The summed E-state index contributed by atoms with van der Waals surface area (Å²) in [5, 5.41) is 29.3. The van der Waals surface area contributed by atoms with Gasteiger partial charge in [0.25, 0.3) is 0 Å². The Labute approximate surface area is 243 Å². The molecule has 0 radical (unpaired) electrons. The molecular weight excluding hydrogens is 508 g/mol. The molecule has 0 saturated carbocycles. The minimum Gasteiger partial charge on any atom is -0.462 e. The van der Waals surface area contributed by atoms with Gasteiger partial charge < -0.3 is 24.8 Å². The summed E-state index contributed by atoms with van der Waals surface area (Å²) in [5.74, 6) is -0.833. The standard InChI is InChI=1S/C33H56O7/c1-3-5-7-8-10-15-19-25-33(38)40-31(27-34)28-39-32(37)26-20-24-30(36)23-18-14-12-9-11-13-17-22-29(35)21-16-6-4-2/h11-14,17-18,22-23,29-31,34-36H,3-10,15-16,19-21,24-28H2,1-2H3/b13-11-,14-12-,22-17+,23-18+/t29-,30-,31-/m0/s1. The van der Waals surface area contributed by atoms with Crippen molar-refractivity contribution in [1.29, 1.82) is 0 Å². The summed E-state index contributed by atoms with van der Waals surface area (Å²) in [6.07, 6.45) is 26.8. The molecule has 0 aliphatic heterocycles. The topological polar surface area (TPSA) is 113 Å². The van der Waals surface area contributed by atoms with Gasteiger partial charge in [-0.3, -0.25) is 9.59 Å². The average Bonchev–Trinajstić information content (AvgIpc) is 2.94. The van der Waals surface area contributed by atoms with Crippen molar-refractivity contribution in [3.8, 4) is 0 Å². The van der Waals surface area contributed by atoms with Crippen LogP contribution in [0.2, 0.25) is 0 Å².